The van der Waals surface area contributed by atoms with Crippen LogP contribution in [0.25, 0.3) is 0 Å². The van der Waals surface area contributed by atoms with Gasteiger partial charge in [0.2, 0.25) is 23.5 Å². The molecule has 1 aliphatic carbocycles. The van der Waals surface area contributed by atoms with E-state index in [2.05, 4.69) is 25.6 Å². The Kier molecular flexibility index (Phi) is 4.59. The Bertz CT molecular complexity index is 720. The highest BCUT2D eigenvalue weighted by atomic mass is 16.6. The molecule has 0 bridgehead atoms. The van der Waals surface area contributed by atoms with Crippen LogP contribution in [0.1, 0.15) is 44.6 Å². The van der Waals surface area contributed by atoms with Gasteiger partial charge < -0.3 is 10.6 Å². The topological polar surface area (TPSA) is 97.1 Å². The van der Waals surface area contributed by atoms with Crippen molar-refractivity contribution in [2.45, 2.75) is 44.4 Å². The third-order valence-electron chi connectivity index (χ3n) is 4.48. The summed E-state index contributed by atoms with van der Waals surface area (Å²) in [4.78, 5) is 24.3. The molecule has 1 fully saturated rings. The van der Waals surface area contributed by atoms with E-state index in [1.807, 2.05) is 30.3 Å². The van der Waals surface area contributed by atoms with Crippen LogP contribution in [0.5, 0.6) is 0 Å². The number of carbonyl (C=O) groups excluding carboxylic acids is 2. The number of benzene rings is 1. The first kappa shape index (κ1) is 16.2. The van der Waals surface area contributed by atoms with Crippen molar-refractivity contribution in [2.75, 3.05) is 10.6 Å². The second kappa shape index (κ2) is 6.82. The average molecular weight is 328 g/mol. The highest BCUT2D eigenvalue weighted by Gasteiger charge is 2.41. The second-order valence-corrected chi connectivity index (χ2v) is 6.11. The molecule has 0 saturated heterocycles. The summed E-state index contributed by atoms with van der Waals surface area (Å²) in [7, 11) is 0. The van der Waals surface area contributed by atoms with Gasteiger partial charge in [0.25, 0.3) is 0 Å². The van der Waals surface area contributed by atoms with Gasteiger partial charge in [0, 0.05) is 6.92 Å². The molecule has 2 aromatic rings. The molecule has 0 spiro atoms. The zero-order valence-corrected chi connectivity index (χ0v) is 13.5. The first-order chi connectivity index (χ1) is 11.6. The third-order valence-corrected chi connectivity index (χ3v) is 4.48. The van der Waals surface area contributed by atoms with Crippen molar-refractivity contribution >= 4 is 23.5 Å². The summed E-state index contributed by atoms with van der Waals surface area (Å²) in [5.41, 5.74) is 0.408. The molecule has 24 heavy (non-hydrogen) atoms. The molecule has 1 aromatic carbocycles. The Morgan fingerprint density at radius 1 is 1.00 bits per heavy atom. The Hall–Kier alpha value is -2.70. The summed E-state index contributed by atoms with van der Waals surface area (Å²) in [5.74, 6) is -0.196. The van der Waals surface area contributed by atoms with Crippen LogP contribution < -0.4 is 10.6 Å². The molecule has 0 unspecified atom stereocenters. The lowest BCUT2D eigenvalue weighted by atomic mass is 9.68. The number of aromatic nitrogens is 2. The first-order valence-corrected chi connectivity index (χ1v) is 8.09. The molecule has 2 amide bonds. The van der Waals surface area contributed by atoms with Gasteiger partial charge in [0.1, 0.15) is 0 Å². The Morgan fingerprint density at radius 2 is 1.62 bits per heavy atom. The molecule has 0 atom stereocenters. The van der Waals surface area contributed by atoms with Gasteiger partial charge in [-0.2, -0.15) is 0 Å². The molecule has 1 heterocycles. The minimum absolute atomic E-state index is 0.120. The lowest BCUT2D eigenvalue weighted by molar-refractivity contribution is -0.122. The largest absolute Gasteiger partial charge is 0.305 e. The van der Waals surface area contributed by atoms with E-state index in [1.165, 1.54) is 6.92 Å². The van der Waals surface area contributed by atoms with E-state index in [0.29, 0.717) is 0 Å². The predicted octanol–water partition coefficient (Wildman–Crippen LogP) is 2.87. The maximum atomic E-state index is 13.1. The molecule has 1 saturated carbocycles. The monoisotopic (exact) mass is 328 g/mol. The second-order valence-electron chi connectivity index (χ2n) is 6.11. The van der Waals surface area contributed by atoms with Crippen molar-refractivity contribution in [1.29, 1.82) is 0 Å². The summed E-state index contributed by atoms with van der Waals surface area (Å²) in [6.07, 6.45) is 4.69. The van der Waals surface area contributed by atoms with Gasteiger partial charge in [-0.25, -0.2) is 4.63 Å². The van der Waals surface area contributed by atoms with Crippen LogP contribution in [0.2, 0.25) is 0 Å². The summed E-state index contributed by atoms with van der Waals surface area (Å²) >= 11 is 0. The highest BCUT2D eigenvalue weighted by molar-refractivity contribution is 6.01. The van der Waals surface area contributed by atoms with E-state index < -0.39 is 5.41 Å². The van der Waals surface area contributed by atoms with Gasteiger partial charge in [-0.3, -0.25) is 9.59 Å². The molecule has 3 rings (SSSR count). The third kappa shape index (κ3) is 3.15. The molecule has 126 valence electrons. The SMILES string of the molecule is CC(=O)Nc1nonc1NC(=O)C1(c2ccccc2)CCCCC1. The zero-order chi connectivity index (χ0) is 17.0. The van der Waals surface area contributed by atoms with Gasteiger partial charge in [-0.05, 0) is 28.7 Å². The van der Waals surface area contributed by atoms with Crippen LogP contribution >= 0.6 is 0 Å². The van der Waals surface area contributed by atoms with E-state index in [1.54, 1.807) is 0 Å². The molecule has 1 aliphatic rings. The number of nitrogens with zero attached hydrogens (tertiary/aromatic N) is 2. The van der Waals surface area contributed by atoms with Crippen molar-refractivity contribution in [3.63, 3.8) is 0 Å². The normalized spacial score (nSPS) is 16.4. The average Bonchev–Trinajstić information content (AvgIpc) is 3.02. The zero-order valence-electron chi connectivity index (χ0n) is 13.5. The number of amides is 2. The van der Waals surface area contributed by atoms with Crippen molar-refractivity contribution in [2.24, 2.45) is 0 Å². The van der Waals surface area contributed by atoms with E-state index in [-0.39, 0.29) is 23.5 Å². The first-order valence-electron chi connectivity index (χ1n) is 8.09. The molecular weight excluding hydrogens is 308 g/mol. The van der Waals surface area contributed by atoms with E-state index >= 15 is 0 Å². The minimum Gasteiger partial charge on any atom is -0.305 e. The molecule has 2 N–H and O–H groups in total. The number of anilines is 2. The van der Waals surface area contributed by atoms with Crippen LogP contribution in [-0.2, 0) is 15.0 Å². The van der Waals surface area contributed by atoms with Gasteiger partial charge in [0.15, 0.2) is 0 Å². The van der Waals surface area contributed by atoms with Crippen LogP contribution in [0.3, 0.4) is 0 Å². The van der Waals surface area contributed by atoms with Gasteiger partial charge in [-0.15, -0.1) is 0 Å². The minimum atomic E-state index is -0.591. The fourth-order valence-electron chi connectivity index (χ4n) is 3.31. The van der Waals surface area contributed by atoms with Crippen LogP contribution in [0.15, 0.2) is 35.0 Å². The molecule has 1 aromatic heterocycles. The molecular formula is C17H20N4O3. The lowest BCUT2D eigenvalue weighted by Gasteiger charge is -2.36. The summed E-state index contributed by atoms with van der Waals surface area (Å²) in [5, 5.41) is 12.6. The molecule has 7 nitrogen and oxygen atoms in total. The smallest absolute Gasteiger partial charge is 0.236 e. The quantitative estimate of drug-likeness (QED) is 0.899. The summed E-state index contributed by atoms with van der Waals surface area (Å²) < 4.78 is 4.64. The van der Waals surface area contributed by atoms with Crippen LogP contribution in [0.4, 0.5) is 11.6 Å². The summed E-state index contributed by atoms with van der Waals surface area (Å²) in [6, 6.07) is 9.80. The summed E-state index contributed by atoms with van der Waals surface area (Å²) in [6.45, 7) is 1.35. The Balaban J connectivity index is 1.88. The fraction of sp³-hybridized carbons (Fsp3) is 0.412. The van der Waals surface area contributed by atoms with Gasteiger partial charge in [0.05, 0.1) is 5.41 Å². The number of nitrogens with one attached hydrogen (secondary N) is 2. The maximum absolute atomic E-state index is 13.1. The fourth-order valence-corrected chi connectivity index (χ4v) is 3.31. The molecule has 0 radical (unpaired) electrons. The molecule has 7 heteroatoms. The molecule has 0 aliphatic heterocycles. The maximum Gasteiger partial charge on any atom is 0.236 e. The number of hydrogen-bond acceptors (Lipinski definition) is 5. The van der Waals surface area contributed by atoms with Gasteiger partial charge >= 0.3 is 0 Å². The van der Waals surface area contributed by atoms with Crippen molar-refractivity contribution < 1.29 is 14.2 Å². The Morgan fingerprint density at radius 3 is 2.25 bits per heavy atom. The van der Waals surface area contributed by atoms with Crippen LogP contribution in [0, 0.1) is 0 Å². The number of rotatable bonds is 4. The predicted molar refractivity (Wildman–Crippen MR) is 88.4 cm³/mol. The van der Waals surface area contributed by atoms with Gasteiger partial charge in [-0.1, -0.05) is 49.6 Å². The highest BCUT2D eigenvalue weighted by Crippen LogP contribution is 2.40. The standard InChI is InChI=1S/C17H20N4O3/c1-12(22)18-14-15(21-24-20-14)19-16(23)17(10-6-3-7-11-17)13-8-4-2-5-9-13/h2,4-5,8-9H,3,6-7,10-11H2,1H3,(H,18,20,22)(H,19,21,23). The van der Waals surface area contributed by atoms with E-state index in [4.69, 9.17) is 0 Å². The van der Waals surface area contributed by atoms with E-state index in [9.17, 15) is 9.59 Å². The van der Waals surface area contributed by atoms with Crippen molar-refractivity contribution in [3.05, 3.63) is 35.9 Å². The van der Waals surface area contributed by atoms with Crippen molar-refractivity contribution in [3.8, 4) is 0 Å². The number of hydrogen-bond donors (Lipinski definition) is 2. The van der Waals surface area contributed by atoms with Crippen LogP contribution in [-0.4, -0.2) is 22.1 Å². The Labute approximate surface area is 139 Å². The lowest BCUT2D eigenvalue weighted by Crippen LogP contribution is -2.42. The van der Waals surface area contributed by atoms with Crippen molar-refractivity contribution in [1.82, 2.24) is 10.3 Å². The number of carbonyl (C=O) groups is 2. The van der Waals surface area contributed by atoms with E-state index in [0.717, 1.165) is 37.7 Å².